The molecule has 0 spiro atoms. The van der Waals surface area contributed by atoms with Gasteiger partial charge in [0.25, 0.3) is 0 Å². The van der Waals surface area contributed by atoms with Gasteiger partial charge >= 0.3 is 102 Å². The van der Waals surface area contributed by atoms with Gasteiger partial charge in [0.05, 0.1) is 0 Å². The third kappa shape index (κ3) is 3.93. The molecule has 0 aliphatic carbocycles. The summed E-state index contributed by atoms with van der Waals surface area (Å²) in [6.07, 6.45) is 3.87. The standard InChI is InChI=1S/C10H16Cl2GeO2/c1-5-14-9-6-8(7-10(2,3)4)13(11,12)15-9/h6-7H,5H2,1-4H3/b8-7+. The fourth-order valence-electron chi connectivity index (χ4n) is 1.23. The number of halogens is 2. The van der Waals surface area contributed by atoms with Crippen LogP contribution in [0.5, 0.6) is 0 Å². The number of hydrogen-bond acceptors (Lipinski definition) is 2. The Bertz CT molecular complexity index is 303. The minimum atomic E-state index is -3.31. The van der Waals surface area contributed by atoms with Crippen LogP contribution in [0.4, 0.5) is 0 Å². The minimum absolute atomic E-state index is 0.0388. The summed E-state index contributed by atoms with van der Waals surface area (Å²) in [7, 11) is 12.4. The molecular weight excluding hydrogens is 296 g/mol. The maximum absolute atomic E-state index is 6.20. The second kappa shape index (κ2) is 4.60. The molecule has 0 aromatic heterocycles. The molecule has 0 saturated carbocycles. The molecule has 2 nitrogen and oxygen atoms in total. The van der Waals surface area contributed by atoms with Crippen LogP contribution < -0.4 is 0 Å². The van der Waals surface area contributed by atoms with Gasteiger partial charge in [-0.3, -0.25) is 0 Å². The van der Waals surface area contributed by atoms with Crippen molar-refractivity contribution in [3.63, 3.8) is 0 Å². The van der Waals surface area contributed by atoms with Gasteiger partial charge in [-0.15, -0.1) is 0 Å². The Balaban J connectivity index is 2.92. The van der Waals surface area contributed by atoms with Gasteiger partial charge < -0.3 is 0 Å². The van der Waals surface area contributed by atoms with Crippen molar-refractivity contribution in [1.82, 2.24) is 0 Å². The molecule has 0 aromatic carbocycles. The van der Waals surface area contributed by atoms with E-state index in [1.807, 2.05) is 13.0 Å². The molecule has 15 heavy (non-hydrogen) atoms. The van der Waals surface area contributed by atoms with Crippen LogP contribution in [0.1, 0.15) is 27.7 Å². The molecule has 0 unspecified atom stereocenters. The average molecular weight is 312 g/mol. The van der Waals surface area contributed by atoms with E-state index in [4.69, 9.17) is 28.5 Å². The van der Waals surface area contributed by atoms with E-state index in [9.17, 15) is 0 Å². The average Bonchev–Trinajstić information content (AvgIpc) is 2.23. The molecule has 0 saturated heterocycles. The van der Waals surface area contributed by atoms with E-state index >= 15 is 0 Å². The predicted molar refractivity (Wildman–Crippen MR) is 65.8 cm³/mol. The van der Waals surface area contributed by atoms with Crippen molar-refractivity contribution in [2.45, 2.75) is 27.7 Å². The summed E-state index contributed by atoms with van der Waals surface area (Å²) in [6.45, 7) is 8.74. The van der Waals surface area contributed by atoms with E-state index in [0.717, 1.165) is 4.41 Å². The van der Waals surface area contributed by atoms with Crippen molar-refractivity contribution in [2.24, 2.45) is 5.41 Å². The van der Waals surface area contributed by atoms with Gasteiger partial charge in [-0.2, -0.15) is 0 Å². The molecule has 1 aliphatic rings. The molecule has 0 amide bonds. The van der Waals surface area contributed by atoms with Crippen LogP contribution in [0.25, 0.3) is 0 Å². The summed E-state index contributed by atoms with van der Waals surface area (Å²) >= 11 is -3.31. The molecule has 1 rings (SSSR count). The number of ether oxygens (including phenoxy) is 1. The molecule has 0 bridgehead atoms. The fraction of sp³-hybridized carbons (Fsp3) is 0.600. The van der Waals surface area contributed by atoms with Gasteiger partial charge in [-0.1, -0.05) is 0 Å². The van der Waals surface area contributed by atoms with Crippen LogP contribution in [0.15, 0.2) is 22.5 Å². The first-order valence-corrected chi connectivity index (χ1v) is 12.3. The molecule has 1 heterocycles. The Hall–Kier alpha value is 0.203. The van der Waals surface area contributed by atoms with E-state index in [2.05, 4.69) is 26.8 Å². The quantitative estimate of drug-likeness (QED) is 0.722. The Morgan fingerprint density at radius 1 is 1.47 bits per heavy atom. The first-order valence-electron chi connectivity index (χ1n) is 4.89. The summed E-state index contributed by atoms with van der Waals surface area (Å²) in [6, 6.07) is 0. The first-order chi connectivity index (χ1) is 6.74. The van der Waals surface area contributed by atoms with Crippen LogP contribution in [0.3, 0.4) is 0 Å². The fourth-order valence-corrected chi connectivity index (χ4v) is 6.04. The van der Waals surface area contributed by atoms with E-state index in [1.165, 1.54) is 0 Å². The van der Waals surface area contributed by atoms with Gasteiger partial charge in [0.15, 0.2) is 0 Å². The predicted octanol–water partition coefficient (Wildman–Crippen LogP) is 3.82. The molecule has 0 aromatic rings. The van der Waals surface area contributed by atoms with Crippen LogP contribution in [0.2, 0.25) is 0 Å². The normalized spacial score (nSPS) is 22.5. The van der Waals surface area contributed by atoms with Crippen molar-refractivity contribution < 1.29 is 8.50 Å². The maximum atomic E-state index is 6.20. The van der Waals surface area contributed by atoms with E-state index in [-0.39, 0.29) is 5.41 Å². The van der Waals surface area contributed by atoms with Crippen LogP contribution in [-0.2, 0) is 8.50 Å². The molecule has 0 radical (unpaired) electrons. The van der Waals surface area contributed by atoms with E-state index < -0.39 is 11.7 Å². The summed E-state index contributed by atoms with van der Waals surface area (Å²) < 4.78 is 11.6. The van der Waals surface area contributed by atoms with Gasteiger partial charge in [0.1, 0.15) is 0 Å². The Morgan fingerprint density at radius 2 is 2.07 bits per heavy atom. The zero-order chi connectivity index (χ0) is 11.7. The third-order valence-corrected chi connectivity index (χ3v) is 7.76. The van der Waals surface area contributed by atoms with E-state index in [1.54, 1.807) is 0 Å². The molecule has 5 heteroatoms. The van der Waals surface area contributed by atoms with Gasteiger partial charge in [-0.25, -0.2) is 0 Å². The van der Waals surface area contributed by atoms with Crippen molar-refractivity contribution in [3.8, 4) is 0 Å². The van der Waals surface area contributed by atoms with E-state index in [0.29, 0.717) is 12.6 Å². The van der Waals surface area contributed by atoms with Crippen molar-refractivity contribution >= 4 is 31.8 Å². The van der Waals surface area contributed by atoms with Crippen LogP contribution in [-0.4, -0.2) is 18.4 Å². The number of allylic oxidation sites excluding steroid dienone is 3. The zero-order valence-electron chi connectivity index (χ0n) is 9.43. The summed E-state index contributed by atoms with van der Waals surface area (Å²) in [4.78, 5) is 0. The SMILES string of the molecule is CCOC1=C/[C](=C\C(C)(C)C)[Ge]([Cl])([Cl])[O]1. The summed E-state index contributed by atoms with van der Waals surface area (Å²) in [5.74, 6) is 0.456. The molecule has 0 N–H and O–H groups in total. The Kier molecular flexibility index (Phi) is 4.07. The topological polar surface area (TPSA) is 18.5 Å². The first kappa shape index (κ1) is 13.3. The van der Waals surface area contributed by atoms with Gasteiger partial charge in [0, 0.05) is 0 Å². The third-order valence-electron chi connectivity index (χ3n) is 1.71. The second-order valence-electron chi connectivity index (χ2n) is 4.48. The van der Waals surface area contributed by atoms with Crippen LogP contribution >= 0.6 is 20.0 Å². The van der Waals surface area contributed by atoms with Gasteiger partial charge in [0.2, 0.25) is 0 Å². The monoisotopic (exact) mass is 312 g/mol. The van der Waals surface area contributed by atoms with Crippen LogP contribution in [0, 0.1) is 5.41 Å². The molecule has 0 fully saturated rings. The molecule has 1 aliphatic heterocycles. The van der Waals surface area contributed by atoms with Crippen molar-refractivity contribution in [2.75, 3.05) is 6.61 Å². The second-order valence-corrected chi connectivity index (χ2v) is 14.8. The molecule has 86 valence electrons. The Morgan fingerprint density at radius 3 is 2.53 bits per heavy atom. The summed E-state index contributed by atoms with van der Waals surface area (Å²) in [5, 5.41) is 0. The number of hydrogen-bond donors (Lipinski definition) is 0. The Labute approximate surface area is 102 Å². The molecular formula is C10H16Cl2GeO2. The van der Waals surface area contributed by atoms with Gasteiger partial charge in [-0.05, 0) is 0 Å². The van der Waals surface area contributed by atoms with Crippen molar-refractivity contribution in [1.29, 1.82) is 0 Å². The summed E-state index contributed by atoms with van der Waals surface area (Å²) in [5.41, 5.74) is 0.0388. The molecule has 0 atom stereocenters. The number of rotatable bonds is 2. The zero-order valence-corrected chi connectivity index (χ0v) is 13.0. The van der Waals surface area contributed by atoms with Crippen molar-refractivity contribution in [3.05, 3.63) is 22.5 Å².